The molecule has 176 valence electrons. The van der Waals surface area contributed by atoms with E-state index in [9.17, 15) is 10.1 Å². The molecule has 1 aliphatic rings. The molecular weight excluding hydrogens is 420 g/mol. The molecule has 2 aromatic heterocycles. The third-order valence-electron chi connectivity index (χ3n) is 5.77. The van der Waals surface area contributed by atoms with Crippen molar-refractivity contribution in [2.45, 2.75) is 45.3 Å². The molecular formula is C24H32N6O3. The number of carbonyl (C=O) groups is 1. The molecule has 2 N–H and O–H groups in total. The lowest BCUT2D eigenvalue weighted by Gasteiger charge is -2.30. The van der Waals surface area contributed by atoms with Crippen molar-refractivity contribution in [3.05, 3.63) is 46.3 Å². The molecule has 0 radical (unpaired) electrons. The Kier molecular flexibility index (Phi) is 8.72. The molecule has 0 aromatic carbocycles. The first-order chi connectivity index (χ1) is 16.0. The van der Waals surface area contributed by atoms with E-state index in [4.69, 9.17) is 14.5 Å². The molecule has 2 amide bonds. The van der Waals surface area contributed by atoms with Crippen molar-refractivity contribution in [2.75, 3.05) is 44.6 Å². The van der Waals surface area contributed by atoms with Crippen molar-refractivity contribution >= 4 is 17.7 Å². The van der Waals surface area contributed by atoms with Crippen molar-refractivity contribution in [1.82, 2.24) is 15.3 Å². The van der Waals surface area contributed by atoms with Gasteiger partial charge in [0.15, 0.2) is 0 Å². The van der Waals surface area contributed by atoms with Gasteiger partial charge in [-0.2, -0.15) is 5.26 Å². The number of urea groups is 1. The van der Waals surface area contributed by atoms with Crippen LogP contribution in [-0.2, 0) is 28.9 Å². The van der Waals surface area contributed by atoms with Crippen LogP contribution in [0.25, 0.3) is 0 Å². The number of nitriles is 1. The molecule has 9 heteroatoms. The number of anilines is 2. The van der Waals surface area contributed by atoms with Gasteiger partial charge in [0.05, 0.1) is 17.4 Å². The summed E-state index contributed by atoms with van der Waals surface area (Å²) < 4.78 is 10.6. The summed E-state index contributed by atoms with van der Waals surface area (Å²) in [6.45, 7) is 3.79. The number of aryl methyl sites for hydroxylation is 2. The average molecular weight is 453 g/mol. The minimum absolute atomic E-state index is 0.194. The molecule has 9 nitrogen and oxygen atoms in total. The Morgan fingerprint density at radius 1 is 1.33 bits per heavy atom. The maximum Gasteiger partial charge on any atom is 0.328 e. The summed E-state index contributed by atoms with van der Waals surface area (Å²) in [4.78, 5) is 24.0. The highest BCUT2D eigenvalue weighted by atomic mass is 16.5. The number of nitrogens with one attached hydrogen (secondary N) is 2. The van der Waals surface area contributed by atoms with Gasteiger partial charge in [-0.1, -0.05) is 0 Å². The lowest BCUT2D eigenvalue weighted by molar-refractivity contribution is 0.115. The SMILES string of the molecule is CNCc1cc2c(nc1C(C)OC)N(C(=O)Nc1cc(CCCOC)c(C#N)cn1)CCC2. The first-order valence-corrected chi connectivity index (χ1v) is 11.2. The van der Waals surface area contributed by atoms with E-state index in [1.807, 2.05) is 14.0 Å². The monoisotopic (exact) mass is 452 g/mol. The molecule has 0 bridgehead atoms. The van der Waals surface area contributed by atoms with Gasteiger partial charge in [0.2, 0.25) is 0 Å². The first kappa shape index (κ1) is 24.6. The fourth-order valence-electron chi connectivity index (χ4n) is 4.01. The van der Waals surface area contributed by atoms with E-state index in [2.05, 4.69) is 27.8 Å². The van der Waals surface area contributed by atoms with Crippen molar-refractivity contribution in [3.63, 3.8) is 0 Å². The first-order valence-electron chi connectivity index (χ1n) is 11.2. The van der Waals surface area contributed by atoms with Crippen LogP contribution in [0, 0.1) is 11.3 Å². The van der Waals surface area contributed by atoms with Crippen LogP contribution in [0.4, 0.5) is 16.4 Å². The number of amides is 2. The van der Waals surface area contributed by atoms with E-state index < -0.39 is 0 Å². The van der Waals surface area contributed by atoms with Gasteiger partial charge in [0, 0.05) is 40.1 Å². The van der Waals surface area contributed by atoms with Crippen LogP contribution >= 0.6 is 0 Å². The lowest BCUT2D eigenvalue weighted by Crippen LogP contribution is -2.40. The van der Waals surface area contributed by atoms with Gasteiger partial charge in [-0.3, -0.25) is 10.2 Å². The summed E-state index contributed by atoms with van der Waals surface area (Å²) in [5, 5.41) is 15.4. The second-order valence-corrected chi connectivity index (χ2v) is 8.04. The third-order valence-corrected chi connectivity index (χ3v) is 5.77. The van der Waals surface area contributed by atoms with Gasteiger partial charge in [-0.15, -0.1) is 0 Å². The van der Waals surface area contributed by atoms with Crippen LogP contribution in [0.2, 0.25) is 0 Å². The summed E-state index contributed by atoms with van der Waals surface area (Å²) >= 11 is 0. The van der Waals surface area contributed by atoms with E-state index in [1.54, 1.807) is 25.2 Å². The van der Waals surface area contributed by atoms with E-state index in [1.165, 1.54) is 6.20 Å². The molecule has 0 saturated carbocycles. The molecule has 0 fully saturated rings. The number of hydrogen-bond donors (Lipinski definition) is 2. The second-order valence-electron chi connectivity index (χ2n) is 8.04. The molecule has 1 aliphatic heterocycles. The fraction of sp³-hybridized carbons (Fsp3) is 0.500. The smallest absolute Gasteiger partial charge is 0.328 e. The van der Waals surface area contributed by atoms with Gasteiger partial charge in [-0.05, 0) is 68.5 Å². The molecule has 0 spiro atoms. The standard InChI is InChI=1S/C24H32N6O3/c1-16(33-4)22-19(14-26-2)11-18-7-5-9-30(23(18)29-22)24(31)28-21-12-17(8-6-10-32-3)20(13-25)15-27-21/h11-12,15-16,26H,5-10,14H2,1-4H3,(H,27,28,31). The zero-order chi connectivity index (χ0) is 23.8. The number of pyridine rings is 2. The predicted molar refractivity (Wildman–Crippen MR) is 126 cm³/mol. The number of hydrogen-bond acceptors (Lipinski definition) is 7. The molecule has 1 atom stereocenters. The Bertz CT molecular complexity index is 1020. The lowest BCUT2D eigenvalue weighted by atomic mass is 10.0. The zero-order valence-electron chi connectivity index (χ0n) is 19.8. The van der Waals surface area contributed by atoms with E-state index in [0.29, 0.717) is 43.3 Å². The van der Waals surface area contributed by atoms with Crippen LogP contribution in [0.5, 0.6) is 0 Å². The van der Waals surface area contributed by atoms with Gasteiger partial charge in [0.1, 0.15) is 17.7 Å². The topological polar surface area (TPSA) is 112 Å². The highest BCUT2D eigenvalue weighted by Gasteiger charge is 2.27. The summed E-state index contributed by atoms with van der Waals surface area (Å²) in [5.41, 5.74) is 4.28. The predicted octanol–water partition coefficient (Wildman–Crippen LogP) is 3.34. The Hall–Kier alpha value is -3.06. The minimum Gasteiger partial charge on any atom is -0.385 e. The Labute approximate surface area is 195 Å². The number of ether oxygens (including phenoxy) is 2. The number of nitrogens with zero attached hydrogens (tertiary/aromatic N) is 4. The van der Waals surface area contributed by atoms with Gasteiger partial charge < -0.3 is 14.8 Å². The van der Waals surface area contributed by atoms with E-state index in [-0.39, 0.29) is 12.1 Å². The molecule has 0 aliphatic carbocycles. The van der Waals surface area contributed by atoms with Crippen molar-refractivity contribution in [1.29, 1.82) is 5.26 Å². The normalized spacial score (nSPS) is 13.8. The van der Waals surface area contributed by atoms with Crippen LogP contribution < -0.4 is 15.5 Å². The Morgan fingerprint density at radius 2 is 2.15 bits per heavy atom. The van der Waals surface area contributed by atoms with Gasteiger partial charge in [0.25, 0.3) is 0 Å². The van der Waals surface area contributed by atoms with Crippen molar-refractivity contribution in [3.8, 4) is 6.07 Å². The van der Waals surface area contributed by atoms with Crippen molar-refractivity contribution < 1.29 is 14.3 Å². The molecule has 1 unspecified atom stereocenters. The highest BCUT2D eigenvalue weighted by Crippen LogP contribution is 2.31. The second kappa shape index (κ2) is 11.7. The Balaban J connectivity index is 1.86. The van der Waals surface area contributed by atoms with Gasteiger partial charge in [-0.25, -0.2) is 14.8 Å². The number of methoxy groups -OCH3 is 2. The summed E-state index contributed by atoms with van der Waals surface area (Å²) in [5.74, 6) is 1.07. The van der Waals surface area contributed by atoms with Crippen LogP contribution in [-0.4, -0.2) is 50.4 Å². The largest absolute Gasteiger partial charge is 0.385 e. The maximum absolute atomic E-state index is 13.2. The third kappa shape index (κ3) is 5.85. The Morgan fingerprint density at radius 3 is 2.85 bits per heavy atom. The van der Waals surface area contributed by atoms with Crippen LogP contribution in [0.1, 0.15) is 53.8 Å². The summed E-state index contributed by atoms with van der Waals surface area (Å²) in [6.07, 6.45) is 4.47. The molecule has 3 heterocycles. The molecule has 0 saturated heterocycles. The number of fused-ring (bicyclic) bond motifs is 1. The zero-order valence-corrected chi connectivity index (χ0v) is 19.8. The summed E-state index contributed by atoms with van der Waals surface area (Å²) in [7, 11) is 5.20. The van der Waals surface area contributed by atoms with Crippen molar-refractivity contribution in [2.24, 2.45) is 0 Å². The van der Waals surface area contributed by atoms with Crippen LogP contribution in [0.15, 0.2) is 18.3 Å². The molecule has 3 rings (SSSR count). The molecule has 2 aromatic rings. The van der Waals surface area contributed by atoms with E-state index >= 15 is 0 Å². The maximum atomic E-state index is 13.2. The average Bonchev–Trinajstić information content (AvgIpc) is 2.83. The number of aromatic nitrogens is 2. The number of rotatable bonds is 9. The van der Waals surface area contributed by atoms with E-state index in [0.717, 1.165) is 41.6 Å². The molecule has 33 heavy (non-hydrogen) atoms. The summed E-state index contributed by atoms with van der Waals surface area (Å²) in [6, 6.07) is 5.76. The van der Waals surface area contributed by atoms with Crippen LogP contribution in [0.3, 0.4) is 0 Å². The fourth-order valence-corrected chi connectivity index (χ4v) is 4.01. The highest BCUT2D eigenvalue weighted by molar-refractivity contribution is 6.01. The number of carbonyl (C=O) groups excluding carboxylic acids is 1. The quantitative estimate of drug-likeness (QED) is 0.561. The van der Waals surface area contributed by atoms with Gasteiger partial charge >= 0.3 is 6.03 Å². The minimum atomic E-state index is -0.291.